The molecule has 166 valence electrons. The number of benzene rings is 1. The Balaban J connectivity index is 2.09. The van der Waals surface area contributed by atoms with E-state index in [-0.39, 0.29) is 22.7 Å². The Kier molecular flexibility index (Phi) is 4.33. The molecule has 4 amide bonds. The summed E-state index contributed by atoms with van der Waals surface area (Å²) in [6.07, 6.45) is 0. The first-order valence-electron chi connectivity index (χ1n) is 9.28. The van der Waals surface area contributed by atoms with Crippen molar-refractivity contribution >= 4 is 23.5 Å². The molecular formula is C19H17N5O8. The maximum atomic E-state index is 13.4. The Morgan fingerprint density at radius 1 is 0.906 bits per heavy atom. The lowest BCUT2D eigenvalue weighted by Gasteiger charge is -2.41. The lowest BCUT2D eigenvalue weighted by molar-refractivity contribution is -0.384. The topological polar surface area (TPSA) is 154 Å². The molecule has 13 nitrogen and oxygen atoms in total. The van der Waals surface area contributed by atoms with E-state index in [9.17, 15) is 34.1 Å². The molecule has 3 heterocycles. The van der Waals surface area contributed by atoms with Gasteiger partial charge in [-0.05, 0) is 5.56 Å². The number of nitro groups is 1. The van der Waals surface area contributed by atoms with Gasteiger partial charge < -0.3 is 4.74 Å². The highest BCUT2D eigenvalue weighted by molar-refractivity contribution is 6.22. The minimum absolute atomic E-state index is 0.152. The smallest absolute Gasteiger partial charge is 0.333 e. The molecule has 1 spiro atoms. The van der Waals surface area contributed by atoms with Crippen molar-refractivity contribution in [3.05, 3.63) is 66.3 Å². The van der Waals surface area contributed by atoms with E-state index in [4.69, 9.17) is 4.74 Å². The highest BCUT2D eigenvalue weighted by Gasteiger charge is 2.68. The molecule has 2 aliphatic heterocycles. The lowest BCUT2D eigenvalue weighted by atomic mass is 9.77. The van der Waals surface area contributed by atoms with Gasteiger partial charge in [-0.3, -0.25) is 43.4 Å². The molecular weight excluding hydrogens is 426 g/mol. The number of barbiturate groups is 1. The molecule has 0 saturated carbocycles. The van der Waals surface area contributed by atoms with Crippen LogP contribution in [0.4, 0.5) is 10.5 Å². The molecule has 2 aromatic rings. The number of aromatic nitrogens is 2. The number of hydrogen-bond acceptors (Lipinski definition) is 8. The van der Waals surface area contributed by atoms with E-state index in [0.717, 1.165) is 35.4 Å². The summed E-state index contributed by atoms with van der Waals surface area (Å²) in [5.41, 5.74) is -4.16. The average molecular weight is 443 g/mol. The van der Waals surface area contributed by atoms with Gasteiger partial charge in [0.2, 0.25) is 5.88 Å². The van der Waals surface area contributed by atoms with E-state index in [1.54, 1.807) is 0 Å². The summed E-state index contributed by atoms with van der Waals surface area (Å²) in [6, 6.07) is 4.01. The van der Waals surface area contributed by atoms with Crippen molar-refractivity contribution < 1.29 is 24.0 Å². The number of ether oxygens (including phenoxy) is 1. The molecule has 0 aliphatic carbocycles. The van der Waals surface area contributed by atoms with E-state index < -0.39 is 45.5 Å². The number of nitro benzene ring substituents is 1. The minimum Gasteiger partial charge on any atom is -0.450 e. The molecule has 1 atom stereocenters. The Bertz CT molecular complexity index is 1320. The van der Waals surface area contributed by atoms with Crippen molar-refractivity contribution in [2.75, 3.05) is 14.1 Å². The second-order valence-electron chi connectivity index (χ2n) is 7.55. The molecule has 0 radical (unpaired) electrons. The molecule has 1 aromatic carbocycles. The number of carbonyl (C=O) groups excluding carboxylic acids is 3. The first-order chi connectivity index (χ1) is 14.9. The summed E-state index contributed by atoms with van der Waals surface area (Å²) in [4.78, 5) is 76.4. The van der Waals surface area contributed by atoms with Gasteiger partial charge >= 0.3 is 11.7 Å². The zero-order valence-electron chi connectivity index (χ0n) is 17.4. The molecule has 4 rings (SSSR count). The minimum atomic E-state index is -2.40. The molecule has 1 unspecified atom stereocenters. The maximum absolute atomic E-state index is 13.4. The van der Waals surface area contributed by atoms with Gasteiger partial charge in [0, 0.05) is 40.3 Å². The fraction of sp³-hybridized carbons (Fsp3) is 0.316. The van der Waals surface area contributed by atoms with Gasteiger partial charge in [0.25, 0.3) is 28.7 Å². The lowest BCUT2D eigenvalue weighted by Crippen LogP contribution is -2.70. The van der Waals surface area contributed by atoms with Gasteiger partial charge in [-0.25, -0.2) is 9.59 Å². The second kappa shape index (κ2) is 6.60. The van der Waals surface area contributed by atoms with Crippen LogP contribution in [0, 0.1) is 10.1 Å². The van der Waals surface area contributed by atoms with Crippen LogP contribution in [0.1, 0.15) is 17.0 Å². The van der Waals surface area contributed by atoms with Gasteiger partial charge in [0.05, 0.1) is 16.4 Å². The molecule has 2 aliphatic rings. The Morgan fingerprint density at radius 2 is 1.44 bits per heavy atom. The normalized spacial score (nSPS) is 19.4. The largest absolute Gasteiger partial charge is 0.450 e. The first kappa shape index (κ1) is 21.0. The number of fused-ring (bicyclic) bond motifs is 1. The van der Waals surface area contributed by atoms with E-state index in [0.29, 0.717) is 9.80 Å². The number of amides is 4. The number of likely N-dealkylation sites (N-methyl/N-ethyl adjacent to an activating group) is 2. The third-order valence-corrected chi connectivity index (χ3v) is 5.85. The fourth-order valence-corrected chi connectivity index (χ4v) is 4.15. The Morgan fingerprint density at radius 3 is 1.94 bits per heavy atom. The van der Waals surface area contributed by atoms with Crippen molar-refractivity contribution in [2.24, 2.45) is 14.1 Å². The fourth-order valence-electron chi connectivity index (χ4n) is 4.15. The number of non-ortho nitro benzene ring substituents is 1. The quantitative estimate of drug-likeness (QED) is 0.336. The number of hydrogen-bond donors (Lipinski definition) is 0. The van der Waals surface area contributed by atoms with Crippen molar-refractivity contribution in [1.29, 1.82) is 0 Å². The number of imide groups is 2. The zero-order valence-corrected chi connectivity index (χ0v) is 17.4. The number of nitrogens with zero attached hydrogens (tertiary/aromatic N) is 5. The van der Waals surface area contributed by atoms with Crippen LogP contribution < -0.4 is 16.0 Å². The average Bonchev–Trinajstić information content (AvgIpc) is 3.15. The van der Waals surface area contributed by atoms with Gasteiger partial charge in [0.15, 0.2) is 0 Å². The standard InChI is InChI=1S/C19H17N5O8/c1-20-13(25)11-12(9-5-7-10(8-6-9)24(30)31)19(32-14(11)21(2)17(20)28)15(26)22(3)18(29)23(4)16(19)27/h5-8,12H,1-4H3. The van der Waals surface area contributed by atoms with Crippen molar-refractivity contribution in [2.45, 2.75) is 11.5 Å². The number of urea groups is 1. The first-order valence-corrected chi connectivity index (χ1v) is 9.28. The number of rotatable bonds is 2. The summed E-state index contributed by atoms with van der Waals surface area (Å²) in [7, 11) is 4.86. The molecule has 13 heteroatoms. The third kappa shape index (κ3) is 2.41. The summed E-state index contributed by atoms with van der Waals surface area (Å²) < 4.78 is 7.61. The van der Waals surface area contributed by atoms with Crippen LogP contribution in [0.3, 0.4) is 0 Å². The van der Waals surface area contributed by atoms with Gasteiger partial charge in [-0.1, -0.05) is 12.1 Å². The molecule has 1 aromatic heterocycles. The Labute approximate surface area is 179 Å². The van der Waals surface area contributed by atoms with Crippen molar-refractivity contribution in [1.82, 2.24) is 18.9 Å². The van der Waals surface area contributed by atoms with Crippen LogP contribution in [-0.4, -0.2) is 61.4 Å². The predicted octanol–water partition coefficient (Wildman–Crippen LogP) is -0.694. The highest BCUT2D eigenvalue weighted by atomic mass is 16.6. The van der Waals surface area contributed by atoms with Crippen LogP contribution >= 0.6 is 0 Å². The second-order valence-corrected chi connectivity index (χ2v) is 7.55. The van der Waals surface area contributed by atoms with E-state index >= 15 is 0 Å². The van der Waals surface area contributed by atoms with Crippen molar-refractivity contribution in [3.8, 4) is 5.88 Å². The van der Waals surface area contributed by atoms with E-state index in [2.05, 4.69) is 0 Å². The molecule has 32 heavy (non-hydrogen) atoms. The Hall–Kier alpha value is -4.29. The predicted molar refractivity (Wildman–Crippen MR) is 106 cm³/mol. The summed E-state index contributed by atoms with van der Waals surface area (Å²) >= 11 is 0. The number of carbonyl (C=O) groups is 3. The summed E-state index contributed by atoms with van der Waals surface area (Å²) in [5, 5.41) is 11.1. The van der Waals surface area contributed by atoms with Crippen LogP contribution in [0.25, 0.3) is 0 Å². The molecule has 0 bridgehead atoms. The van der Waals surface area contributed by atoms with Crippen molar-refractivity contribution in [3.63, 3.8) is 0 Å². The van der Waals surface area contributed by atoms with Crippen LogP contribution in [0.15, 0.2) is 33.9 Å². The third-order valence-electron chi connectivity index (χ3n) is 5.85. The monoisotopic (exact) mass is 443 g/mol. The van der Waals surface area contributed by atoms with E-state index in [1.165, 1.54) is 26.2 Å². The summed E-state index contributed by atoms with van der Waals surface area (Å²) in [6.45, 7) is 0. The van der Waals surface area contributed by atoms with Crippen LogP contribution in [0.5, 0.6) is 5.88 Å². The highest BCUT2D eigenvalue weighted by Crippen LogP contribution is 2.49. The van der Waals surface area contributed by atoms with Crippen LogP contribution in [0.2, 0.25) is 0 Å². The molecule has 0 N–H and O–H groups in total. The summed E-state index contributed by atoms with van der Waals surface area (Å²) in [5.74, 6) is -3.72. The van der Waals surface area contributed by atoms with Gasteiger partial charge in [-0.2, -0.15) is 0 Å². The maximum Gasteiger partial charge on any atom is 0.333 e. The molecule has 1 saturated heterocycles. The van der Waals surface area contributed by atoms with Gasteiger partial charge in [0.1, 0.15) is 0 Å². The molecule has 1 fully saturated rings. The van der Waals surface area contributed by atoms with Gasteiger partial charge in [-0.15, -0.1) is 0 Å². The van der Waals surface area contributed by atoms with Crippen LogP contribution in [-0.2, 0) is 23.7 Å². The SMILES string of the molecule is CN1C(=O)N(C)C(=O)C2(Oc3c(c(=O)n(C)c(=O)n3C)C2c2ccc([N+](=O)[O-])cc2)C1=O. The van der Waals surface area contributed by atoms with E-state index in [1.807, 2.05) is 0 Å². The zero-order chi connectivity index (χ0) is 23.7.